The maximum atomic E-state index is 13.7. The summed E-state index contributed by atoms with van der Waals surface area (Å²) in [5.74, 6) is -0.349. The highest BCUT2D eigenvalue weighted by Gasteiger charge is 2.43. The lowest BCUT2D eigenvalue weighted by atomic mass is 9.83. The largest absolute Gasteiger partial charge is 0.491 e. The number of ether oxygens (including phenoxy) is 2. The van der Waals surface area contributed by atoms with Crippen LogP contribution in [0.3, 0.4) is 0 Å². The van der Waals surface area contributed by atoms with Crippen molar-refractivity contribution in [3.05, 3.63) is 47.0 Å². The van der Waals surface area contributed by atoms with Crippen molar-refractivity contribution in [2.75, 3.05) is 32.8 Å². The van der Waals surface area contributed by atoms with E-state index in [0.29, 0.717) is 44.8 Å². The average molecular weight is 447 g/mol. The number of rotatable bonds is 4. The molecule has 10 heteroatoms. The number of halogens is 3. The third kappa shape index (κ3) is 4.50. The van der Waals surface area contributed by atoms with Crippen LogP contribution in [0.5, 0.6) is 5.75 Å². The first kappa shape index (κ1) is 23.4. The predicted molar refractivity (Wildman–Crippen MR) is 111 cm³/mol. The van der Waals surface area contributed by atoms with E-state index in [4.69, 9.17) is 15.2 Å². The van der Waals surface area contributed by atoms with Gasteiger partial charge in [0.05, 0.1) is 24.1 Å². The zero-order chi connectivity index (χ0) is 18.9. The molecule has 160 valence electrons. The van der Waals surface area contributed by atoms with E-state index in [-0.39, 0.29) is 42.9 Å². The van der Waals surface area contributed by atoms with Crippen molar-refractivity contribution < 1.29 is 18.7 Å². The van der Waals surface area contributed by atoms with Gasteiger partial charge in [-0.25, -0.2) is 4.39 Å². The number of nitrogens with one attached hydrogen (secondary N) is 1. The highest BCUT2D eigenvalue weighted by atomic mass is 35.5. The summed E-state index contributed by atoms with van der Waals surface area (Å²) in [6.45, 7) is 2.28. The summed E-state index contributed by atoms with van der Waals surface area (Å²) < 4.78 is 25.4. The summed E-state index contributed by atoms with van der Waals surface area (Å²) >= 11 is 0. The fourth-order valence-corrected chi connectivity index (χ4v) is 3.92. The molecule has 0 saturated carbocycles. The van der Waals surface area contributed by atoms with Gasteiger partial charge in [0.25, 0.3) is 5.91 Å². The minimum atomic E-state index is -0.468. The van der Waals surface area contributed by atoms with E-state index in [1.54, 1.807) is 4.90 Å². The molecule has 3 heterocycles. The van der Waals surface area contributed by atoms with E-state index < -0.39 is 11.4 Å². The van der Waals surface area contributed by atoms with E-state index in [9.17, 15) is 9.18 Å². The second-order valence-electron chi connectivity index (χ2n) is 6.93. The zero-order valence-corrected chi connectivity index (χ0v) is 17.5. The quantitative estimate of drug-likeness (QED) is 0.751. The summed E-state index contributed by atoms with van der Waals surface area (Å²) in [6.07, 6.45) is 4.04. The Balaban J connectivity index is 0.00000150. The van der Waals surface area contributed by atoms with Crippen LogP contribution in [-0.2, 0) is 16.8 Å². The Labute approximate surface area is 180 Å². The van der Waals surface area contributed by atoms with Crippen LogP contribution < -0.4 is 10.5 Å². The molecule has 7 nitrogen and oxygen atoms in total. The van der Waals surface area contributed by atoms with Gasteiger partial charge in [-0.2, -0.15) is 5.10 Å². The standard InChI is InChI=1S/C19H23FN4O3.2ClH/c20-14-1-2-16(26-10-6-21)15(11-14)18(25)24-7-4-19(5-8-24)17-13(3-9-27-19)12-22-23-17;;/h1-2,11-12H,3-10,21H2,(H,22,23);2*1H. The van der Waals surface area contributed by atoms with Crippen LogP contribution in [0.2, 0.25) is 0 Å². The molecule has 2 aromatic rings. The van der Waals surface area contributed by atoms with Crippen molar-refractivity contribution in [3.63, 3.8) is 0 Å². The maximum Gasteiger partial charge on any atom is 0.257 e. The lowest BCUT2D eigenvalue weighted by Gasteiger charge is -2.43. The van der Waals surface area contributed by atoms with Gasteiger partial charge in [-0.1, -0.05) is 0 Å². The Morgan fingerprint density at radius 2 is 2.10 bits per heavy atom. The predicted octanol–water partition coefficient (Wildman–Crippen LogP) is 2.43. The maximum absolute atomic E-state index is 13.7. The molecule has 29 heavy (non-hydrogen) atoms. The first-order valence-corrected chi connectivity index (χ1v) is 9.21. The number of hydrogen-bond donors (Lipinski definition) is 2. The van der Waals surface area contributed by atoms with Gasteiger partial charge >= 0.3 is 0 Å². The molecule has 0 radical (unpaired) electrons. The van der Waals surface area contributed by atoms with Crippen LogP contribution in [0.4, 0.5) is 4.39 Å². The number of aromatic nitrogens is 2. The van der Waals surface area contributed by atoms with E-state index in [1.807, 2.05) is 6.20 Å². The number of carbonyl (C=O) groups is 1. The number of nitrogens with zero attached hydrogens (tertiary/aromatic N) is 2. The van der Waals surface area contributed by atoms with Gasteiger partial charge in [0.2, 0.25) is 0 Å². The average Bonchev–Trinajstić information content (AvgIpc) is 3.18. The number of H-pyrrole nitrogens is 1. The van der Waals surface area contributed by atoms with Gasteiger partial charge in [0.15, 0.2) is 0 Å². The molecule has 1 aromatic heterocycles. The number of carbonyl (C=O) groups excluding carboxylic acids is 1. The first-order valence-electron chi connectivity index (χ1n) is 9.21. The van der Waals surface area contributed by atoms with Crippen molar-refractivity contribution in [1.82, 2.24) is 15.1 Å². The smallest absolute Gasteiger partial charge is 0.257 e. The third-order valence-corrected chi connectivity index (χ3v) is 5.33. The molecular formula is C19H25Cl2FN4O3. The SMILES string of the molecule is Cl.Cl.NCCOc1ccc(F)cc1C(=O)N1CCC2(CC1)OCCc1cn[nH]c12. The summed E-state index contributed by atoms with van der Waals surface area (Å²) in [7, 11) is 0. The van der Waals surface area contributed by atoms with Crippen LogP contribution in [0.1, 0.15) is 34.5 Å². The molecule has 1 amide bonds. The van der Waals surface area contributed by atoms with Crippen molar-refractivity contribution in [1.29, 1.82) is 0 Å². The molecule has 1 saturated heterocycles. The van der Waals surface area contributed by atoms with E-state index in [0.717, 1.165) is 12.1 Å². The number of hydrogen-bond acceptors (Lipinski definition) is 5. The Bertz CT molecular complexity index is 841. The molecule has 1 spiro atoms. The molecule has 0 unspecified atom stereocenters. The fraction of sp³-hybridized carbons (Fsp3) is 0.474. The van der Waals surface area contributed by atoms with Crippen LogP contribution >= 0.6 is 24.8 Å². The van der Waals surface area contributed by atoms with Crippen molar-refractivity contribution in [2.45, 2.75) is 24.9 Å². The normalized spacial score (nSPS) is 17.1. The van der Waals surface area contributed by atoms with Crippen molar-refractivity contribution >= 4 is 30.7 Å². The van der Waals surface area contributed by atoms with E-state index >= 15 is 0 Å². The topological polar surface area (TPSA) is 93.5 Å². The number of likely N-dealkylation sites (tertiary alicyclic amines) is 1. The van der Waals surface area contributed by atoms with Crippen LogP contribution in [0.25, 0.3) is 0 Å². The first-order chi connectivity index (χ1) is 13.1. The summed E-state index contributed by atoms with van der Waals surface area (Å²) in [5.41, 5.74) is 7.49. The van der Waals surface area contributed by atoms with Crippen LogP contribution in [-0.4, -0.2) is 53.9 Å². The van der Waals surface area contributed by atoms with Crippen LogP contribution in [0, 0.1) is 5.82 Å². The zero-order valence-electron chi connectivity index (χ0n) is 15.9. The molecule has 0 bridgehead atoms. The Morgan fingerprint density at radius 1 is 1.34 bits per heavy atom. The van der Waals surface area contributed by atoms with Gasteiger partial charge in [0.1, 0.15) is 23.8 Å². The van der Waals surface area contributed by atoms with E-state index in [2.05, 4.69) is 10.2 Å². The minimum Gasteiger partial charge on any atom is -0.491 e. The number of benzene rings is 1. The van der Waals surface area contributed by atoms with Crippen LogP contribution in [0.15, 0.2) is 24.4 Å². The number of aromatic amines is 1. The van der Waals surface area contributed by atoms with Gasteiger partial charge in [-0.3, -0.25) is 9.89 Å². The number of piperidine rings is 1. The lowest BCUT2D eigenvalue weighted by molar-refractivity contribution is -0.0962. The van der Waals surface area contributed by atoms with E-state index in [1.165, 1.54) is 23.8 Å². The highest BCUT2D eigenvalue weighted by Crippen LogP contribution is 2.40. The van der Waals surface area contributed by atoms with Gasteiger partial charge < -0.3 is 20.1 Å². The minimum absolute atomic E-state index is 0. The molecule has 2 aliphatic rings. The Kier molecular flexibility index (Phi) is 7.87. The molecule has 0 atom stereocenters. The third-order valence-electron chi connectivity index (χ3n) is 5.33. The number of fused-ring (bicyclic) bond motifs is 2. The molecule has 1 fully saturated rings. The molecule has 1 aromatic carbocycles. The Hall–Kier alpha value is -1.87. The summed E-state index contributed by atoms with van der Waals surface area (Å²) in [6, 6.07) is 3.98. The molecular weight excluding hydrogens is 422 g/mol. The van der Waals surface area contributed by atoms with Gasteiger partial charge in [-0.15, -0.1) is 24.8 Å². The molecule has 2 aliphatic heterocycles. The Morgan fingerprint density at radius 3 is 2.83 bits per heavy atom. The van der Waals surface area contributed by atoms with Crippen molar-refractivity contribution in [2.24, 2.45) is 5.73 Å². The number of nitrogens with two attached hydrogens (primary N) is 1. The van der Waals surface area contributed by atoms with Gasteiger partial charge in [-0.05, 0) is 43.0 Å². The molecule has 3 N–H and O–H groups in total. The summed E-state index contributed by atoms with van der Waals surface area (Å²) in [4.78, 5) is 14.7. The lowest BCUT2D eigenvalue weighted by Crippen LogP contribution is -2.48. The molecule has 0 aliphatic carbocycles. The second-order valence-corrected chi connectivity index (χ2v) is 6.93. The monoisotopic (exact) mass is 446 g/mol. The fourth-order valence-electron chi connectivity index (χ4n) is 3.92. The highest BCUT2D eigenvalue weighted by molar-refractivity contribution is 5.97. The molecule has 4 rings (SSSR count). The second kappa shape index (κ2) is 9.75. The number of amides is 1. The van der Waals surface area contributed by atoms with Crippen molar-refractivity contribution in [3.8, 4) is 5.75 Å². The van der Waals surface area contributed by atoms with Gasteiger partial charge in [0, 0.05) is 19.6 Å². The summed E-state index contributed by atoms with van der Waals surface area (Å²) in [5, 5.41) is 7.22.